The molecule has 0 N–H and O–H groups in total. The number of carbonyl (C=O) groups is 1. The molecule has 1 aliphatic heterocycles. The van der Waals surface area contributed by atoms with E-state index in [4.69, 9.17) is 21.1 Å². The lowest BCUT2D eigenvalue weighted by atomic mass is 10.1. The highest BCUT2D eigenvalue weighted by Crippen LogP contribution is 2.32. The summed E-state index contributed by atoms with van der Waals surface area (Å²) in [5, 5.41) is 0.405. The Labute approximate surface area is 169 Å². The van der Waals surface area contributed by atoms with Gasteiger partial charge in [-0.15, -0.1) is 0 Å². The van der Waals surface area contributed by atoms with Crippen LogP contribution in [0.25, 0.3) is 0 Å². The third kappa shape index (κ3) is 4.29. The Morgan fingerprint density at radius 2 is 1.71 bits per heavy atom. The minimum absolute atomic E-state index is 0.0102. The van der Waals surface area contributed by atoms with Crippen molar-refractivity contribution in [2.45, 2.75) is 13.0 Å². The van der Waals surface area contributed by atoms with E-state index in [9.17, 15) is 4.79 Å². The van der Waals surface area contributed by atoms with E-state index in [1.807, 2.05) is 54.6 Å². The third-order valence-electron chi connectivity index (χ3n) is 4.60. The van der Waals surface area contributed by atoms with E-state index in [0.29, 0.717) is 34.4 Å². The van der Waals surface area contributed by atoms with Crippen molar-refractivity contribution in [2.75, 3.05) is 13.1 Å². The number of rotatable bonds is 6. The van der Waals surface area contributed by atoms with E-state index in [1.54, 1.807) is 23.1 Å². The van der Waals surface area contributed by atoms with Gasteiger partial charge < -0.3 is 14.4 Å². The molecule has 1 amide bonds. The van der Waals surface area contributed by atoms with Gasteiger partial charge in [-0.3, -0.25) is 4.79 Å². The topological polar surface area (TPSA) is 38.8 Å². The van der Waals surface area contributed by atoms with Gasteiger partial charge in [-0.1, -0.05) is 48.0 Å². The number of likely N-dealkylation sites (tertiary alicyclic amines) is 1. The zero-order valence-corrected chi connectivity index (χ0v) is 16.1. The molecule has 3 aromatic rings. The average molecular weight is 394 g/mol. The molecule has 0 radical (unpaired) electrons. The lowest BCUT2D eigenvalue weighted by Crippen LogP contribution is -2.41. The number of carbonyl (C=O) groups excluding carboxylic acids is 1. The van der Waals surface area contributed by atoms with Crippen LogP contribution in [0.3, 0.4) is 0 Å². The van der Waals surface area contributed by atoms with Gasteiger partial charge in [0, 0.05) is 24.7 Å². The fourth-order valence-electron chi connectivity index (χ4n) is 2.91. The first-order chi connectivity index (χ1) is 13.7. The van der Waals surface area contributed by atoms with E-state index in [-0.39, 0.29) is 5.91 Å². The van der Waals surface area contributed by atoms with Crippen molar-refractivity contribution in [1.29, 1.82) is 0 Å². The molecule has 1 heterocycles. The van der Waals surface area contributed by atoms with E-state index < -0.39 is 0 Å². The normalized spacial score (nSPS) is 13.0. The van der Waals surface area contributed by atoms with Crippen LogP contribution >= 0.6 is 11.6 Å². The van der Waals surface area contributed by atoms with Gasteiger partial charge in [0.05, 0.1) is 5.02 Å². The third-order valence-corrected chi connectivity index (χ3v) is 4.90. The van der Waals surface area contributed by atoms with Crippen LogP contribution in [-0.4, -0.2) is 23.9 Å². The highest BCUT2D eigenvalue weighted by atomic mass is 35.5. The zero-order chi connectivity index (χ0) is 19.3. The van der Waals surface area contributed by atoms with Crippen LogP contribution in [0.1, 0.15) is 22.3 Å². The molecule has 0 atom stereocenters. The smallest absolute Gasteiger partial charge is 0.253 e. The summed E-state index contributed by atoms with van der Waals surface area (Å²) in [5.41, 5.74) is 1.68. The summed E-state index contributed by atoms with van der Waals surface area (Å²) in [4.78, 5) is 14.1. The van der Waals surface area contributed by atoms with Crippen molar-refractivity contribution >= 4 is 17.5 Å². The molecule has 0 saturated carbocycles. The Morgan fingerprint density at radius 1 is 0.929 bits per heavy atom. The molecule has 0 spiro atoms. The summed E-state index contributed by atoms with van der Waals surface area (Å²) in [5.74, 6) is 1.84. The highest BCUT2D eigenvalue weighted by molar-refractivity contribution is 6.32. The lowest BCUT2D eigenvalue weighted by Gasteiger charge is -2.31. The van der Waals surface area contributed by atoms with Gasteiger partial charge in [-0.2, -0.15) is 0 Å². The summed E-state index contributed by atoms with van der Waals surface area (Å²) in [6.07, 6.45) is 1.06. The fourth-order valence-corrected chi connectivity index (χ4v) is 3.13. The van der Waals surface area contributed by atoms with Crippen LogP contribution < -0.4 is 9.47 Å². The number of halogens is 1. The van der Waals surface area contributed by atoms with Crippen molar-refractivity contribution < 1.29 is 14.3 Å². The average Bonchev–Trinajstić information content (AvgIpc) is 2.68. The van der Waals surface area contributed by atoms with Gasteiger partial charge in [0.1, 0.15) is 23.9 Å². The van der Waals surface area contributed by atoms with Gasteiger partial charge in [0.2, 0.25) is 0 Å². The Kier molecular flexibility index (Phi) is 5.49. The van der Waals surface area contributed by atoms with E-state index in [1.165, 1.54) is 0 Å². The van der Waals surface area contributed by atoms with E-state index in [2.05, 4.69) is 0 Å². The van der Waals surface area contributed by atoms with Crippen molar-refractivity contribution in [2.24, 2.45) is 0 Å². The first-order valence-electron chi connectivity index (χ1n) is 9.22. The Bertz CT molecular complexity index is 971. The summed E-state index contributed by atoms with van der Waals surface area (Å²) < 4.78 is 11.7. The molecular formula is C23H20ClNO3. The quantitative estimate of drug-likeness (QED) is 0.550. The van der Waals surface area contributed by atoms with Gasteiger partial charge in [-0.05, 0) is 42.3 Å². The SMILES string of the molecule is O=C(c1ccc(Oc2cccc(OCc3ccccc3)c2)c(Cl)c1)N1CCC1. The Hall–Kier alpha value is -2.98. The molecule has 4 rings (SSSR count). The van der Waals surface area contributed by atoms with Crippen molar-refractivity contribution in [1.82, 2.24) is 4.90 Å². The molecule has 28 heavy (non-hydrogen) atoms. The molecule has 0 aliphatic carbocycles. The number of benzene rings is 3. The van der Waals surface area contributed by atoms with E-state index >= 15 is 0 Å². The zero-order valence-electron chi connectivity index (χ0n) is 15.3. The second-order valence-electron chi connectivity index (χ2n) is 6.64. The molecule has 0 unspecified atom stereocenters. The van der Waals surface area contributed by atoms with Crippen LogP contribution in [-0.2, 0) is 6.61 Å². The summed E-state index contributed by atoms with van der Waals surface area (Å²) in [6.45, 7) is 2.10. The predicted molar refractivity (Wildman–Crippen MR) is 109 cm³/mol. The Balaban J connectivity index is 1.43. The fraction of sp³-hybridized carbons (Fsp3) is 0.174. The van der Waals surface area contributed by atoms with E-state index in [0.717, 1.165) is 25.1 Å². The van der Waals surface area contributed by atoms with Crippen molar-refractivity contribution in [3.05, 3.63) is 88.9 Å². The van der Waals surface area contributed by atoms with Crippen molar-refractivity contribution in [3.8, 4) is 17.2 Å². The maximum atomic E-state index is 12.3. The van der Waals surface area contributed by atoms with Crippen LogP contribution in [0.2, 0.25) is 5.02 Å². The van der Waals surface area contributed by atoms with Crippen molar-refractivity contribution in [3.63, 3.8) is 0 Å². The molecular weight excluding hydrogens is 374 g/mol. The van der Waals surface area contributed by atoms with Crippen LogP contribution in [0, 0.1) is 0 Å². The number of amides is 1. The van der Waals surface area contributed by atoms with Gasteiger partial charge in [-0.25, -0.2) is 0 Å². The first-order valence-corrected chi connectivity index (χ1v) is 9.60. The second-order valence-corrected chi connectivity index (χ2v) is 7.05. The standard InChI is InChI=1S/C23H20ClNO3/c24-21-14-18(23(26)25-12-5-13-25)10-11-22(21)28-20-9-4-8-19(15-20)27-16-17-6-2-1-3-7-17/h1-4,6-11,14-15H,5,12-13,16H2. The van der Waals surface area contributed by atoms with Gasteiger partial charge in [0.15, 0.2) is 0 Å². The molecule has 5 heteroatoms. The minimum atomic E-state index is 0.0102. The number of ether oxygens (including phenoxy) is 2. The molecule has 0 aromatic heterocycles. The number of hydrogen-bond donors (Lipinski definition) is 0. The summed E-state index contributed by atoms with van der Waals surface area (Å²) in [6, 6.07) is 22.5. The second kappa shape index (κ2) is 8.36. The molecule has 1 aliphatic rings. The van der Waals surface area contributed by atoms with Crippen LogP contribution in [0.15, 0.2) is 72.8 Å². The molecule has 0 bridgehead atoms. The summed E-state index contributed by atoms with van der Waals surface area (Å²) in [7, 11) is 0. The molecule has 142 valence electrons. The maximum absolute atomic E-state index is 12.3. The Morgan fingerprint density at radius 3 is 2.43 bits per heavy atom. The highest BCUT2D eigenvalue weighted by Gasteiger charge is 2.22. The predicted octanol–water partition coefficient (Wildman–Crippen LogP) is 5.56. The maximum Gasteiger partial charge on any atom is 0.253 e. The minimum Gasteiger partial charge on any atom is -0.489 e. The molecule has 1 fully saturated rings. The number of hydrogen-bond acceptors (Lipinski definition) is 3. The van der Waals surface area contributed by atoms with Gasteiger partial charge in [0.25, 0.3) is 5.91 Å². The largest absolute Gasteiger partial charge is 0.489 e. The molecule has 1 saturated heterocycles. The summed E-state index contributed by atoms with van der Waals surface area (Å²) >= 11 is 6.34. The monoisotopic (exact) mass is 393 g/mol. The van der Waals surface area contributed by atoms with Gasteiger partial charge >= 0.3 is 0 Å². The molecule has 3 aromatic carbocycles. The van der Waals surface area contributed by atoms with Crippen LogP contribution in [0.4, 0.5) is 0 Å². The van der Waals surface area contributed by atoms with Crippen LogP contribution in [0.5, 0.6) is 17.2 Å². The molecule has 4 nitrogen and oxygen atoms in total. The number of nitrogens with zero attached hydrogens (tertiary/aromatic N) is 1. The lowest BCUT2D eigenvalue weighted by molar-refractivity contribution is 0.0652. The first kappa shape index (κ1) is 18.4.